The number of hydrogen-bond donors (Lipinski definition) is 1. The molecule has 1 N–H and O–H groups in total. The Hall–Kier alpha value is -2.53. The van der Waals surface area contributed by atoms with Gasteiger partial charge in [0.25, 0.3) is 0 Å². The summed E-state index contributed by atoms with van der Waals surface area (Å²) in [5.74, 6) is -1.75. The number of fused-ring (bicyclic) bond motifs is 1. The highest BCUT2D eigenvalue weighted by atomic mass is 19.2. The van der Waals surface area contributed by atoms with E-state index < -0.39 is 11.6 Å². The molecule has 0 saturated carbocycles. The van der Waals surface area contributed by atoms with Crippen LogP contribution >= 0.6 is 0 Å². The van der Waals surface area contributed by atoms with Gasteiger partial charge in [-0.15, -0.1) is 0 Å². The Labute approximate surface area is 139 Å². The minimum absolute atomic E-state index is 0.163. The van der Waals surface area contributed by atoms with Crippen LogP contribution in [0.4, 0.5) is 14.5 Å². The van der Waals surface area contributed by atoms with Crippen molar-refractivity contribution in [2.45, 2.75) is 0 Å². The Morgan fingerprint density at radius 2 is 1.83 bits per heavy atom. The highest BCUT2D eigenvalue weighted by Crippen LogP contribution is 2.30. The van der Waals surface area contributed by atoms with E-state index in [0.29, 0.717) is 5.69 Å². The molecule has 124 valence electrons. The largest absolute Gasteiger partial charge is 0.383 e. The first-order valence-corrected chi connectivity index (χ1v) is 7.79. The van der Waals surface area contributed by atoms with Crippen LogP contribution in [-0.4, -0.2) is 37.1 Å². The van der Waals surface area contributed by atoms with E-state index in [9.17, 15) is 8.78 Å². The van der Waals surface area contributed by atoms with Gasteiger partial charge in [0, 0.05) is 29.7 Å². The third-order valence-electron chi connectivity index (χ3n) is 3.82. The van der Waals surface area contributed by atoms with Crippen molar-refractivity contribution in [2.75, 3.05) is 32.5 Å². The molecule has 0 radical (unpaired) electrons. The van der Waals surface area contributed by atoms with Crippen molar-refractivity contribution in [2.24, 2.45) is 0 Å². The fourth-order valence-electron chi connectivity index (χ4n) is 2.58. The van der Waals surface area contributed by atoms with Gasteiger partial charge in [0.05, 0.1) is 11.2 Å². The van der Waals surface area contributed by atoms with Crippen molar-refractivity contribution < 1.29 is 8.78 Å². The lowest BCUT2D eigenvalue weighted by Crippen LogP contribution is -2.20. The van der Waals surface area contributed by atoms with E-state index in [2.05, 4.69) is 15.2 Å². The number of benzene rings is 2. The molecule has 0 amide bonds. The topological polar surface area (TPSA) is 28.2 Å². The van der Waals surface area contributed by atoms with Crippen molar-refractivity contribution in [1.82, 2.24) is 9.88 Å². The van der Waals surface area contributed by atoms with Crippen LogP contribution in [0.2, 0.25) is 0 Å². The minimum atomic E-state index is -0.875. The quantitative estimate of drug-likeness (QED) is 0.763. The molecule has 0 spiro atoms. The Morgan fingerprint density at radius 1 is 1.04 bits per heavy atom. The molecule has 1 heterocycles. The molecule has 24 heavy (non-hydrogen) atoms. The monoisotopic (exact) mass is 327 g/mol. The van der Waals surface area contributed by atoms with Crippen LogP contribution in [0.15, 0.2) is 48.5 Å². The average molecular weight is 327 g/mol. The van der Waals surface area contributed by atoms with Crippen LogP contribution in [-0.2, 0) is 0 Å². The zero-order valence-corrected chi connectivity index (χ0v) is 13.7. The van der Waals surface area contributed by atoms with Crippen molar-refractivity contribution in [3.05, 3.63) is 60.2 Å². The zero-order valence-electron chi connectivity index (χ0n) is 13.7. The first-order chi connectivity index (χ1) is 11.6. The molecule has 0 bridgehead atoms. The van der Waals surface area contributed by atoms with E-state index in [0.717, 1.165) is 35.7 Å². The Morgan fingerprint density at radius 3 is 2.62 bits per heavy atom. The fourth-order valence-corrected chi connectivity index (χ4v) is 2.58. The van der Waals surface area contributed by atoms with Gasteiger partial charge >= 0.3 is 0 Å². The molecule has 3 nitrogen and oxygen atoms in total. The van der Waals surface area contributed by atoms with Gasteiger partial charge in [0.2, 0.25) is 0 Å². The summed E-state index contributed by atoms with van der Waals surface area (Å²) in [5, 5.41) is 4.32. The molecular weight excluding hydrogens is 308 g/mol. The summed E-state index contributed by atoms with van der Waals surface area (Å²) in [5.41, 5.74) is 2.18. The Kier molecular flexibility index (Phi) is 4.71. The summed E-state index contributed by atoms with van der Waals surface area (Å²) in [4.78, 5) is 6.57. The van der Waals surface area contributed by atoms with E-state index in [1.807, 2.05) is 38.4 Å². The van der Waals surface area contributed by atoms with Crippen LogP contribution in [0.25, 0.3) is 22.2 Å². The predicted octanol–water partition coefficient (Wildman–Crippen LogP) is 4.15. The molecule has 0 saturated heterocycles. The summed E-state index contributed by atoms with van der Waals surface area (Å²) >= 11 is 0. The lowest BCUT2D eigenvalue weighted by molar-refractivity contribution is 0.425. The number of likely N-dealkylation sites (N-methyl/N-ethyl adjacent to an activating group) is 1. The van der Waals surface area contributed by atoms with Crippen LogP contribution in [0, 0.1) is 11.6 Å². The molecule has 3 aromatic rings. The third kappa shape index (κ3) is 3.36. The number of rotatable bonds is 5. The number of nitrogens with zero attached hydrogens (tertiary/aromatic N) is 2. The normalized spacial score (nSPS) is 11.2. The predicted molar refractivity (Wildman–Crippen MR) is 94.1 cm³/mol. The van der Waals surface area contributed by atoms with Gasteiger partial charge in [-0.25, -0.2) is 13.8 Å². The fraction of sp³-hybridized carbons (Fsp3) is 0.211. The maximum atomic E-state index is 14.1. The molecule has 2 aromatic carbocycles. The molecule has 0 aliphatic carbocycles. The molecule has 1 aromatic heterocycles. The summed E-state index contributed by atoms with van der Waals surface area (Å²) in [6, 6.07) is 13.6. The SMILES string of the molecule is CN(C)CCNc1cc(-c2cccc(F)c2F)nc2ccccc12. The lowest BCUT2D eigenvalue weighted by atomic mass is 10.1. The van der Waals surface area contributed by atoms with Gasteiger partial charge in [0.1, 0.15) is 0 Å². The van der Waals surface area contributed by atoms with Gasteiger partial charge in [-0.3, -0.25) is 0 Å². The Bertz CT molecular complexity index is 862. The van der Waals surface area contributed by atoms with Gasteiger partial charge in [0.15, 0.2) is 11.6 Å². The molecule has 0 unspecified atom stereocenters. The molecular formula is C19H19F2N3. The molecule has 3 rings (SSSR count). The van der Waals surface area contributed by atoms with Crippen LogP contribution in [0.5, 0.6) is 0 Å². The minimum Gasteiger partial charge on any atom is -0.383 e. The lowest BCUT2D eigenvalue weighted by Gasteiger charge is -2.14. The zero-order chi connectivity index (χ0) is 17.1. The number of hydrogen-bond acceptors (Lipinski definition) is 3. The summed E-state index contributed by atoms with van der Waals surface area (Å²) in [6.07, 6.45) is 0. The van der Waals surface area contributed by atoms with Crippen LogP contribution in [0.1, 0.15) is 0 Å². The standard InChI is InChI=1S/C19H19F2N3/c1-24(2)11-10-22-17-12-18(14-7-5-8-15(20)19(14)21)23-16-9-4-3-6-13(16)17/h3-9,12H,10-11H2,1-2H3,(H,22,23). The van der Waals surface area contributed by atoms with Crippen LogP contribution < -0.4 is 5.32 Å². The van der Waals surface area contributed by atoms with E-state index in [-0.39, 0.29) is 5.56 Å². The molecule has 0 fully saturated rings. The smallest absolute Gasteiger partial charge is 0.168 e. The van der Waals surface area contributed by atoms with E-state index in [1.54, 1.807) is 12.1 Å². The first-order valence-electron chi connectivity index (χ1n) is 7.79. The Balaban J connectivity index is 2.07. The summed E-state index contributed by atoms with van der Waals surface area (Å²) in [6.45, 7) is 1.60. The van der Waals surface area contributed by atoms with E-state index in [1.165, 1.54) is 6.07 Å². The van der Waals surface area contributed by atoms with Crippen molar-refractivity contribution in [1.29, 1.82) is 0 Å². The van der Waals surface area contributed by atoms with Gasteiger partial charge in [-0.05, 0) is 38.4 Å². The first kappa shape index (κ1) is 16.3. The van der Waals surface area contributed by atoms with Crippen molar-refractivity contribution >= 4 is 16.6 Å². The highest BCUT2D eigenvalue weighted by Gasteiger charge is 2.13. The maximum absolute atomic E-state index is 14.1. The van der Waals surface area contributed by atoms with E-state index in [4.69, 9.17) is 0 Å². The molecule has 5 heteroatoms. The summed E-state index contributed by atoms with van der Waals surface area (Å²) < 4.78 is 27.7. The van der Waals surface area contributed by atoms with Gasteiger partial charge in [-0.2, -0.15) is 0 Å². The van der Waals surface area contributed by atoms with Crippen molar-refractivity contribution in [3.8, 4) is 11.3 Å². The van der Waals surface area contributed by atoms with Gasteiger partial charge < -0.3 is 10.2 Å². The van der Waals surface area contributed by atoms with E-state index >= 15 is 0 Å². The van der Waals surface area contributed by atoms with Gasteiger partial charge in [-0.1, -0.05) is 24.3 Å². The number of aromatic nitrogens is 1. The third-order valence-corrected chi connectivity index (χ3v) is 3.82. The number of nitrogens with one attached hydrogen (secondary N) is 1. The van der Waals surface area contributed by atoms with Crippen LogP contribution in [0.3, 0.4) is 0 Å². The molecule has 0 aliphatic heterocycles. The maximum Gasteiger partial charge on any atom is 0.168 e. The number of para-hydroxylation sites is 1. The average Bonchev–Trinajstić information content (AvgIpc) is 2.57. The highest BCUT2D eigenvalue weighted by molar-refractivity contribution is 5.93. The number of halogens is 2. The summed E-state index contributed by atoms with van der Waals surface area (Å²) in [7, 11) is 4.00. The second kappa shape index (κ2) is 6.93. The number of anilines is 1. The second-order valence-electron chi connectivity index (χ2n) is 5.90. The second-order valence-corrected chi connectivity index (χ2v) is 5.90. The molecule has 0 atom stereocenters. The number of pyridine rings is 1. The molecule has 0 aliphatic rings. The van der Waals surface area contributed by atoms with Crippen molar-refractivity contribution in [3.63, 3.8) is 0 Å².